The molecule has 0 aliphatic carbocycles. The molecule has 1 rings (SSSR count). The van der Waals surface area contributed by atoms with Crippen LogP contribution in [0, 0.1) is 0 Å². The maximum atomic E-state index is 11.1. The quantitative estimate of drug-likeness (QED) is 0.642. The van der Waals surface area contributed by atoms with E-state index in [2.05, 4.69) is 15.5 Å². The maximum absolute atomic E-state index is 11.1. The lowest BCUT2D eigenvalue weighted by Crippen LogP contribution is -2.18. The second kappa shape index (κ2) is 5.11. The highest BCUT2D eigenvalue weighted by molar-refractivity contribution is 5.92. The number of H-pyrrole nitrogens is 1. The Hall–Kier alpha value is -1.89. The third-order valence-corrected chi connectivity index (χ3v) is 1.51. The monoisotopic (exact) mass is 213 g/mol. The number of aromatic carboxylic acids is 1. The van der Waals surface area contributed by atoms with E-state index in [4.69, 9.17) is 9.84 Å². The number of carboxylic acid groups (broad SMARTS) is 1. The molecular weight excluding hydrogens is 202 g/mol. The zero-order valence-corrected chi connectivity index (χ0v) is 8.11. The summed E-state index contributed by atoms with van der Waals surface area (Å²) in [6, 6.07) is 1.23. The van der Waals surface area contributed by atoms with Gasteiger partial charge in [-0.15, -0.1) is 0 Å². The summed E-state index contributed by atoms with van der Waals surface area (Å²) in [6.07, 6.45) is 0. The van der Waals surface area contributed by atoms with E-state index < -0.39 is 5.97 Å². The van der Waals surface area contributed by atoms with Gasteiger partial charge in [0.15, 0.2) is 5.82 Å². The molecular formula is C8H11N3O4. The van der Waals surface area contributed by atoms with Crippen LogP contribution in [0.25, 0.3) is 0 Å². The van der Waals surface area contributed by atoms with Crippen molar-refractivity contribution in [2.24, 2.45) is 0 Å². The number of anilines is 1. The highest BCUT2D eigenvalue weighted by Gasteiger charge is 2.09. The summed E-state index contributed by atoms with van der Waals surface area (Å²) in [5.74, 6) is -1.34. The number of carbonyl (C=O) groups is 2. The Morgan fingerprint density at radius 1 is 1.67 bits per heavy atom. The summed E-state index contributed by atoms with van der Waals surface area (Å²) in [6.45, 7) is 2.13. The Bertz CT molecular complexity index is 361. The van der Waals surface area contributed by atoms with E-state index in [9.17, 15) is 9.59 Å². The summed E-state index contributed by atoms with van der Waals surface area (Å²) < 4.78 is 4.86. The van der Waals surface area contributed by atoms with Crippen molar-refractivity contribution in [1.82, 2.24) is 10.2 Å². The first-order chi connectivity index (χ1) is 7.13. The Morgan fingerprint density at radius 2 is 2.40 bits per heavy atom. The van der Waals surface area contributed by atoms with Gasteiger partial charge in [-0.3, -0.25) is 9.89 Å². The highest BCUT2D eigenvalue weighted by Crippen LogP contribution is 2.04. The molecule has 0 aromatic carbocycles. The standard InChI is InChI=1S/C8H11N3O4/c1-2-15-4-7(12)9-6-3-5(8(13)14)10-11-6/h3H,2,4H2,1H3,(H,13,14)(H2,9,10,11,12). The zero-order valence-electron chi connectivity index (χ0n) is 8.11. The molecule has 3 N–H and O–H groups in total. The number of hydrogen-bond acceptors (Lipinski definition) is 4. The van der Waals surface area contributed by atoms with Crippen molar-refractivity contribution in [3.63, 3.8) is 0 Å². The van der Waals surface area contributed by atoms with Crippen LogP contribution in [-0.4, -0.2) is 40.4 Å². The Balaban J connectivity index is 2.50. The first kappa shape index (κ1) is 11.2. The molecule has 0 spiro atoms. The normalized spacial score (nSPS) is 9.93. The molecule has 0 radical (unpaired) electrons. The number of carboxylic acids is 1. The first-order valence-electron chi connectivity index (χ1n) is 4.29. The van der Waals surface area contributed by atoms with Crippen LogP contribution >= 0.6 is 0 Å². The molecule has 1 aromatic heterocycles. The van der Waals surface area contributed by atoms with Gasteiger partial charge in [-0.1, -0.05) is 0 Å². The fourth-order valence-electron chi connectivity index (χ4n) is 0.869. The van der Waals surface area contributed by atoms with Crippen LogP contribution in [0.15, 0.2) is 6.07 Å². The lowest BCUT2D eigenvalue weighted by Gasteiger charge is -2.00. The van der Waals surface area contributed by atoms with Gasteiger partial charge in [-0.25, -0.2) is 4.79 Å². The number of amides is 1. The van der Waals surface area contributed by atoms with Crippen LogP contribution in [0.5, 0.6) is 0 Å². The predicted molar refractivity (Wildman–Crippen MR) is 50.7 cm³/mol. The van der Waals surface area contributed by atoms with Crippen LogP contribution in [0.4, 0.5) is 5.82 Å². The summed E-state index contributed by atoms with van der Waals surface area (Å²) >= 11 is 0. The topological polar surface area (TPSA) is 104 Å². The average molecular weight is 213 g/mol. The van der Waals surface area contributed by atoms with Crippen molar-refractivity contribution in [2.45, 2.75) is 6.92 Å². The number of nitrogens with one attached hydrogen (secondary N) is 2. The molecule has 0 unspecified atom stereocenters. The minimum atomic E-state index is -1.13. The minimum Gasteiger partial charge on any atom is -0.477 e. The minimum absolute atomic E-state index is 0.0776. The molecule has 0 saturated heterocycles. The predicted octanol–water partition coefficient (Wildman–Crippen LogP) is 0.0829. The van der Waals surface area contributed by atoms with Crippen molar-refractivity contribution in [1.29, 1.82) is 0 Å². The summed E-state index contributed by atoms with van der Waals surface area (Å²) in [4.78, 5) is 21.6. The van der Waals surface area contributed by atoms with Crippen LogP contribution in [0.1, 0.15) is 17.4 Å². The number of ether oxygens (including phenoxy) is 1. The number of rotatable bonds is 5. The molecule has 15 heavy (non-hydrogen) atoms. The van der Waals surface area contributed by atoms with Crippen LogP contribution in [0.2, 0.25) is 0 Å². The molecule has 7 heteroatoms. The molecule has 0 aliphatic heterocycles. The van der Waals surface area contributed by atoms with E-state index >= 15 is 0 Å². The Kier molecular flexibility index (Phi) is 3.81. The number of hydrogen-bond donors (Lipinski definition) is 3. The largest absolute Gasteiger partial charge is 0.477 e. The molecule has 1 heterocycles. The highest BCUT2D eigenvalue weighted by atomic mass is 16.5. The van der Waals surface area contributed by atoms with Gasteiger partial charge in [0.25, 0.3) is 5.91 Å². The van der Waals surface area contributed by atoms with Crippen LogP contribution in [0.3, 0.4) is 0 Å². The van der Waals surface area contributed by atoms with Gasteiger partial charge < -0.3 is 15.2 Å². The second-order valence-electron chi connectivity index (χ2n) is 2.66. The lowest BCUT2D eigenvalue weighted by molar-refractivity contribution is -0.120. The molecule has 0 saturated carbocycles. The Labute approximate surface area is 85.4 Å². The molecule has 7 nitrogen and oxygen atoms in total. The number of carbonyl (C=O) groups excluding carboxylic acids is 1. The number of aromatic amines is 1. The third-order valence-electron chi connectivity index (χ3n) is 1.51. The van der Waals surface area contributed by atoms with E-state index in [1.54, 1.807) is 6.92 Å². The third kappa shape index (κ3) is 3.39. The van der Waals surface area contributed by atoms with Crippen molar-refractivity contribution in [3.8, 4) is 0 Å². The van der Waals surface area contributed by atoms with Crippen molar-refractivity contribution < 1.29 is 19.4 Å². The van der Waals surface area contributed by atoms with Crippen molar-refractivity contribution >= 4 is 17.7 Å². The van der Waals surface area contributed by atoms with E-state index in [1.807, 2.05) is 0 Å². The van der Waals surface area contributed by atoms with Gasteiger partial charge in [-0.2, -0.15) is 5.10 Å². The van der Waals surface area contributed by atoms with Gasteiger partial charge in [0.1, 0.15) is 12.3 Å². The van der Waals surface area contributed by atoms with Gasteiger partial charge >= 0.3 is 5.97 Å². The molecule has 82 valence electrons. The van der Waals surface area contributed by atoms with E-state index in [0.29, 0.717) is 6.61 Å². The first-order valence-corrected chi connectivity index (χ1v) is 4.29. The molecule has 0 bridgehead atoms. The van der Waals surface area contributed by atoms with E-state index in [0.717, 1.165) is 0 Å². The molecule has 1 aromatic rings. The molecule has 0 fully saturated rings. The molecule has 1 amide bonds. The lowest BCUT2D eigenvalue weighted by atomic mass is 10.4. The maximum Gasteiger partial charge on any atom is 0.353 e. The number of nitrogens with zero attached hydrogens (tertiary/aromatic N) is 1. The van der Waals surface area contributed by atoms with Crippen LogP contribution in [-0.2, 0) is 9.53 Å². The van der Waals surface area contributed by atoms with E-state index in [-0.39, 0.29) is 24.0 Å². The average Bonchev–Trinajstić information content (AvgIpc) is 2.63. The number of aromatic nitrogens is 2. The van der Waals surface area contributed by atoms with Gasteiger partial charge in [0.05, 0.1) is 0 Å². The zero-order chi connectivity index (χ0) is 11.3. The Morgan fingerprint density at radius 3 is 2.93 bits per heavy atom. The van der Waals surface area contributed by atoms with Crippen molar-refractivity contribution in [2.75, 3.05) is 18.5 Å². The fraction of sp³-hybridized carbons (Fsp3) is 0.375. The second-order valence-corrected chi connectivity index (χ2v) is 2.66. The van der Waals surface area contributed by atoms with Gasteiger partial charge in [0, 0.05) is 12.7 Å². The summed E-state index contributed by atoms with van der Waals surface area (Å²) in [5, 5.41) is 16.8. The van der Waals surface area contributed by atoms with Gasteiger partial charge in [0.2, 0.25) is 0 Å². The molecule has 0 aliphatic rings. The van der Waals surface area contributed by atoms with E-state index in [1.165, 1.54) is 6.07 Å². The summed E-state index contributed by atoms with van der Waals surface area (Å²) in [5.41, 5.74) is -0.0818. The SMILES string of the molecule is CCOCC(=O)Nc1cc(C(=O)O)[nH]n1. The summed E-state index contributed by atoms with van der Waals surface area (Å²) in [7, 11) is 0. The van der Waals surface area contributed by atoms with Gasteiger partial charge in [-0.05, 0) is 6.92 Å². The smallest absolute Gasteiger partial charge is 0.353 e. The fourth-order valence-corrected chi connectivity index (χ4v) is 0.869. The molecule has 0 atom stereocenters. The van der Waals surface area contributed by atoms with Crippen molar-refractivity contribution in [3.05, 3.63) is 11.8 Å². The van der Waals surface area contributed by atoms with Crippen LogP contribution < -0.4 is 5.32 Å².